The molecular weight excluding hydrogens is 270 g/mol. The van der Waals surface area contributed by atoms with Crippen molar-refractivity contribution in [2.45, 2.75) is 0 Å². The monoisotopic (exact) mass is 273 g/mol. The van der Waals surface area contributed by atoms with Gasteiger partial charge in [-0.25, -0.2) is 0 Å². The number of hydrogen-bond acceptors (Lipinski definition) is 3. The van der Waals surface area contributed by atoms with Gasteiger partial charge in [-0.3, -0.25) is 0 Å². The molecule has 0 fully saturated rings. The molecule has 1 radical (unpaired) electrons. The Labute approximate surface area is 54.6 Å². The van der Waals surface area contributed by atoms with Crippen molar-refractivity contribution in [2.75, 3.05) is 0 Å². The molecule has 0 aliphatic rings. The molecule has 0 N–H and O–H groups in total. The number of hydrogen-bond donors (Lipinski definition) is 0. The minimum absolute atomic E-state index is 0. The Bertz CT molecular complexity index is 82.1. The van der Waals surface area contributed by atoms with Gasteiger partial charge in [0.25, 0.3) is 0 Å². The molecule has 0 atom stereocenters. The van der Waals surface area contributed by atoms with Gasteiger partial charge in [-0.2, -0.15) is 0 Å². The van der Waals surface area contributed by atoms with E-state index in [0.29, 0.717) is 0 Å². The van der Waals surface area contributed by atoms with Crippen LogP contribution in [0.25, 0.3) is 0 Å². The number of aromatic nitrogens is 3. The van der Waals surface area contributed by atoms with Crippen molar-refractivity contribution in [3.8, 4) is 0 Å². The van der Waals surface area contributed by atoms with Crippen LogP contribution in [0.1, 0.15) is 0 Å². The Kier molecular flexibility index (Phi) is 3.65. The molecule has 0 spiro atoms. The second-order valence-corrected chi connectivity index (χ2v) is 0.738. The van der Waals surface area contributed by atoms with E-state index in [1.807, 2.05) is 0 Å². The molecule has 0 saturated heterocycles. The molecule has 0 aromatic carbocycles. The van der Waals surface area contributed by atoms with Crippen LogP contribution in [0, 0.1) is 6.33 Å². The molecule has 39 valence electrons. The first-order valence-corrected chi connectivity index (χ1v) is 1.48. The van der Waals surface area contributed by atoms with Crippen LogP contribution in [-0.2, 0) is 20.1 Å². The van der Waals surface area contributed by atoms with Crippen LogP contribution in [0.3, 0.4) is 0 Å². The zero-order chi connectivity index (χ0) is 4.24. The normalized spacial score (nSPS) is 6.86. The van der Waals surface area contributed by atoms with Gasteiger partial charge < -0.3 is 15.0 Å². The van der Waals surface area contributed by atoms with Crippen LogP contribution in [0.15, 0.2) is 12.7 Å². The standard InChI is InChI=1S/C3H2N3.Ir/c1-4-2-6-3-5-1;/h1-2H;/q-1;. The van der Waals surface area contributed by atoms with Gasteiger partial charge in [-0.05, 0) is 0 Å². The van der Waals surface area contributed by atoms with Gasteiger partial charge in [-0.1, -0.05) is 0 Å². The molecule has 1 heterocycles. The van der Waals surface area contributed by atoms with Gasteiger partial charge in [0.05, 0.1) is 0 Å². The van der Waals surface area contributed by atoms with Crippen LogP contribution in [0.4, 0.5) is 0 Å². The fourth-order valence-electron chi connectivity index (χ4n) is 0.181. The number of nitrogens with zero attached hydrogens (tertiary/aromatic N) is 3. The van der Waals surface area contributed by atoms with E-state index in [1.54, 1.807) is 0 Å². The predicted octanol–water partition coefficient (Wildman–Crippen LogP) is -0.331. The molecule has 1 aromatic rings. The first kappa shape index (κ1) is 6.66. The quantitative estimate of drug-likeness (QED) is 0.607. The zero-order valence-electron chi connectivity index (χ0n) is 3.33. The van der Waals surface area contributed by atoms with Crippen molar-refractivity contribution in [3.63, 3.8) is 0 Å². The maximum Gasteiger partial charge on any atom is 0.0241 e. The Morgan fingerprint density at radius 2 is 1.71 bits per heavy atom. The summed E-state index contributed by atoms with van der Waals surface area (Å²) >= 11 is 0. The molecule has 0 saturated carbocycles. The maximum absolute atomic E-state index is 3.53. The molecule has 0 aliphatic heterocycles. The summed E-state index contributed by atoms with van der Waals surface area (Å²) in [6.45, 7) is 0. The van der Waals surface area contributed by atoms with E-state index >= 15 is 0 Å². The summed E-state index contributed by atoms with van der Waals surface area (Å²) in [5.41, 5.74) is 0. The van der Waals surface area contributed by atoms with E-state index in [4.69, 9.17) is 0 Å². The van der Waals surface area contributed by atoms with Gasteiger partial charge >= 0.3 is 0 Å². The van der Waals surface area contributed by atoms with Crippen molar-refractivity contribution in [1.29, 1.82) is 0 Å². The summed E-state index contributed by atoms with van der Waals surface area (Å²) in [7, 11) is 0. The fraction of sp³-hybridized carbons (Fsp3) is 0. The van der Waals surface area contributed by atoms with Gasteiger partial charge in [0, 0.05) is 39.1 Å². The van der Waals surface area contributed by atoms with Gasteiger partial charge in [-0.15, -0.1) is 0 Å². The first-order valence-electron chi connectivity index (χ1n) is 1.48. The minimum atomic E-state index is 0. The minimum Gasteiger partial charge on any atom is -0.355 e. The Hall–Kier alpha value is -0.341. The smallest absolute Gasteiger partial charge is 0.0241 e. The Morgan fingerprint density at radius 3 is 1.86 bits per heavy atom. The van der Waals surface area contributed by atoms with Gasteiger partial charge in [0.15, 0.2) is 0 Å². The molecule has 1 aromatic heterocycles. The van der Waals surface area contributed by atoms with Crippen molar-refractivity contribution < 1.29 is 20.1 Å². The zero-order valence-corrected chi connectivity index (χ0v) is 5.72. The summed E-state index contributed by atoms with van der Waals surface area (Å²) in [4.78, 5) is 10.4. The number of rotatable bonds is 0. The van der Waals surface area contributed by atoms with Crippen LogP contribution in [0.2, 0.25) is 0 Å². The Balaban J connectivity index is 0.000000360. The molecule has 0 bridgehead atoms. The van der Waals surface area contributed by atoms with Crippen molar-refractivity contribution in [2.24, 2.45) is 0 Å². The molecule has 4 heteroatoms. The average molecular weight is 272 g/mol. The van der Waals surface area contributed by atoms with E-state index in [0.717, 1.165) is 0 Å². The van der Waals surface area contributed by atoms with Crippen LogP contribution in [-0.4, -0.2) is 15.0 Å². The summed E-state index contributed by atoms with van der Waals surface area (Å²) < 4.78 is 0. The first-order chi connectivity index (χ1) is 3.00. The summed E-state index contributed by atoms with van der Waals surface area (Å²) in [6, 6.07) is 0. The topological polar surface area (TPSA) is 38.7 Å². The van der Waals surface area contributed by atoms with E-state index in [9.17, 15) is 0 Å². The second kappa shape index (κ2) is 3.84. The second-order valence-electron chi connectivity index (χ2n) is 0.738. The largest absolute Gasteiger partial charge is 0.355 e. The van der Waals surface area contributed by atoms with Gasteiger partial charge in [0.2, 0.25) is 0 Å². The molecular formula is C3H2IrN3-. The summed E-state index contributed by atoms with van der Waals surface area (Å²) in [5.74, 6) is 0. The van der Waals surface area contributed by atoms with Crippen molar-refractivity contribution in [1.82, 2.24) is 15.0 Å². The van der Waals surface area contributed by atoms with Crippen LogP contribution >= 0.6 is 0 Å². The average Bonchev–Trinajstić information content (AvgIpc) is 1.72. The summed E-state index contributed by atoms with van der Waals surface area (Å²) in [5, 5.41) is 0. The fourth-order valence-corrected chi connectivity index (χ4v) is 0.181. The maximum atomic E-state index is 3.53. The van der Waals surface area contributed by atoms with Crippen molar-refractivity contribution >= 4 is 0 Å². The van der Waals surface area contributed by atoms with Crippen LogP contribution in [0.5, 0.6) is 0 Å². The molecule has 7 heavy (non-hydrogen) atoms. The van der Waals surface area contributed by atoms with E-state index < -0.39 is 0 Å². The Morgan fingerprint density at radius 1 is 1.14 bits per heavy atom. The predicted molar refractivity (Wildman–Crippen MR) is 18.7 cm³/mol. The van der Waals surface area contributed by atoms with E-state index in [-0.39, 0.29) is 20.1 Å². The van der Waals surface area contributed by atoms with E-state index in [1.165, 1.54) is 12.7 Å². The van der Waals surface area contributed by atoms with Crippen LogP contribution < -0.4 is 0 Å². The van der Waals surface area contributed by atoms with Crippen molar-refractivity contribution in [3.05, 3.63) is 19.0 Å². The molecule has 0 amide bonds. The van der Waals surface area contributed by atoms with Gasteiger partial charge in [0.1, 0.15) is 0 Å². The third-order valence-electron chi connectivity index (χ3n) is 0.364. The summed E-state index contributed by atoms with van der Waals surface area (Å²) in [6.07, 6.45) is 5.09. The van der Waals surface area contributed by atoms with E-state index in [2.05, 4.69) is 21.3 Å². The molecule has 3 nitrogen and oxygen atoms in total. The molecule has 0 unspecified atom stereocenters. The molecule has 0 aliphatic carbocycles. The third kappa shape index (κ3) is 2.37. The third-order valence-corrected chi connectivity index (χ3v) is 0.364. The SMILES string of the molecule is [Ir].[c-]1ncncn1. The molecule has 1 rings (SSSR count).